The molecule has 1 unspecified atom stereocenters. The minimum atomic E-state index is -0.315. The molecule has 0 aliphatic carbocycles. The first-order valence-electron chi connectivity index (χ1n) is 8.72. The molecule has 7 nitrogen and oxygen atoms in total. The summed E-state index contributed by atoms with van der Waals surface area (Å²) in [6, 6.07) is -0.315. The zero-order valence-corrected chi connectivity index (χ0v) is 17.4. The molecule has 140 valence electrons. The number of rotatable bonds is 10. The predicted molar refractivity (Wildman–Crippen MR) is 108 cm³/mol. The molecule has 24 heavy (non-hydrogen) atoms. The number of urea groups is 1. The van der Waals surface area contributed by atoms with E-state index < -0.39 is 0 Å². The van der Waals surface area contributed by atoms with E-state index >= 15 is 0 Å². The predicted octanol–water partition coefficient (Wildman–Crippen LogP) is 1.93. The van der Waals surface area contributed by atoms with Crippen LogP contribution in [0.2, 0.25) is 0 Å². The van der Waals surface area contributed by atoms with Gasteiger partial charge in [-0.1, -0.05) is 33.1 Å². The van der Waals surface area contributed by atoms with Crippen molar-refractivity contribution >= 4 is 41.9 Å². The molecule has 0 aromatic carbocycles. The van der Waals surface area contributed by atoms with E-state index in [0.29, 0.717) is 19.0 Å². The molecular formula is C16H32IN5O2. The van der Waals surface area contributed by atoms with Crippen LogP contribution in [-0.2, 0) is 4.79 Å². The summed E-state index contributed by atoms with van der Waals surface area (Å²) >= 11 is 0. The number of hydrogen-bond acceptors (Lipinski definition) is 3. The molecule has 0 aromatic rings. The number of nitrogens with one attached hydrogen (secondary N) is 3. The van der Waals surface area contributed by atoms with E-state index in [9.17, 15) is 9.59 Å². The fourth-order valence-corrected chi connectivity index (χ4v) is 2.45. The van der Waals surface area contributed by atoms with Crippen LogP contribution in [0.1, 0.15) is 46.5 Å². The summed E-state index contributed by atoms with van der Waals surface area (Å²) < 4.78 is 0. The number of nitrogens with zero attached hydrogens (tertiary/aromatic N) is 2. The van der Waals surface area contributed by atoms with Crippen LogP contribution < -0.4 is 16.0 Å². The van der Waals surface area contributed by atoms with E-state index in [1.807, 2.05) is 6.92 Å². The van der Waals surface area contributed by atoms with Crippen LogP contribution >= 0.6 is 24.0 Å². The Bertz CT molecular complexity index is 401. The smallest absolute Gasteiger partial charge is 0.324 e. The lowest BCUT2D eigenvalue weighted by Crippen LogP contribution is -2.43. The molecule has 8 heteroatoms. The Morgan fingerprint density at radius 3 is 2.58 bits per heavy atom. The summed E-state index contributed by atoms with van der Waals surface area (Å²) in [4.78, 5) is 28.8. The van der Waals surface area contributed by atoms with Gasteiger partial charge in [-0.2, -0.15) is 0 Å². The van der Waals surface area contributed by atoms with Gasteiger partial charge in [0.2, 0.25) is 5.91 Å². The largest absolute Gasteiger partial charge is 0.357 e. The van der Waals surface area contributed by atoms with Gasteiger partial charge in [0.05, 0.1) is 6.54 Å². The minimum absolute atomic E-state index is 0. The topological polar surface area (TPSA) is 85.8 Å². The van der Waals surface area contributed by atoms with Crippen molar-refractivity contribution in [3.8, 4) is 0 Å². The SMILES string of the molecule is CCCCC(CC)CN=C(NCC)NCCN1C(=O)CNC1=O.I. The summed E-state index contributed by atoms with van der Waals surface area (Å²) in [7, 11) is 0. The molecule has 1 aliphatic rings. The lowest BCUT2D eigenvalue weighted by atomic mass is 10.00. The number of aliphatic imine (C=N–C) groups is 1. The fraction of sp³-hybridized carbons (Fsp3) is 0.812. The molecule has 0 spiro atoms. The maximum Gasteiger partial charge on any atom is 0.324 e. The van der Waals surface area contributed by atoms with Crippen LogP contribution in [0, 0.1) is 5.92 Å². The molecule has 1 atom stereocenters. The van der Waals surface area contributed by atoms with Crippen molar-refractivity contribution in [1.29, 1.82) is 0 Å². The second-order valence-corrected chi connectivity index (χ2v) is 5.77. The standard InChI is InChI=1S/C16H31N5O2.HI/c1-4-7-8-13(5-2)11-19-15(17-6-3)18-9-10-21-14(22)12-20-16(21)23;/h13H,4-12H2,1-3H3,(H,20,23)(H2,17,18,19);1H. The Labute approximate surface area is 162 Å². The Morgan fingerprint density at radius 1 is 1.29 bits per heavy atom. The van der Waals surface area contributed by atoms with Crippen molar-refractivity contribution in [2.45, 2.75) is 46.5 Å². The molecule has 1 aliphatic heterocycles. The molecule has 1 rings (SSSR count). The van der Waals surface area contributed by atoms with Crippen LogP contribution in [0.25, 0.3) is 0 Å². The van der Waals surface area contributed by atoms with Gasteiger partial charge >= 0.3 is 6.03 Å². The average Bonchev–Trinajstić information content (AvgIpc) is 2.86. The number of carbonyl (C=O) groups is 2. The number of imide groups is 1. The quantitative estimate of drug-likeness (QED) is 0.204. The van der Waals surface area contributed by atoms with Crippen molar-refractivity contribution < 1.29 is 9.59 Å². The first kappa shape index (κ1) is 22.9. The van der Waals surface area contributed by atoms with Gasteiger partial charge in [-0.25, -0.2) is 4.79 Å². The van der Waals surface area contributed by atoms with Crippen molar-refractivity contribution in [2.24, 2.45) is 10.9 Å². The van der Waals surface area contributed by atoms with Gasteiger partial charge in [-0.3, -0.25) is 14.7 Å². The van der Waals surface area contributed by atoms with Crippen LogP contribution in [0.4, 0.5) is 4.79 Å². The summed E-state index contributed by atoms with van der Waals surface area (Å²) in [5.74, 6) is 1.18. The van der Waals surface area contributed by atoms with E-state index in [1.165, 1.54) is 24.2 Å². The number of amides is 3. The number of hydrogen-bond donors (Lipinski definition) is 3. The molecule has 0 bridgehead atoms. The van der Waals surface area contributed by atoms with Gasteiger partial charge in [-0.05, 0) is 19.3 Å². The first-order valence-corrected chi connectivity index (χ1v) is 8.72. The summed E-state index contributed by atoms with van der Waals surface area (Å²) in [5, 5.41) is 8.90. The molecule has 1 heterocycles. The second-order valence-electron chi connectivity index (χ2n) is 5.77. The highest BCUT2D eigenvalue weighted by Gasteiger charge is 2.27. The normalized spacial score (nSPS) is 15.8. The van der Waals surface area contributed by atoms with Gasteiger partial charge in [0.25, 0.3) is 0 Å². The van der Waals surface area contributed by atoms with Crippen LogP contribution in [-0.4, -0.2) is 55.5 Å². The zero-order chi connectivity index (χ0) is 17.1. The van der Waals surface area contributed by atoms with Gasteiger partial charge < -0.3 is 16.0 Å². The molecule has 0 saturated carbocycles. The number of unbranched alkanes of at least 4 members (excludes halogenated alkanes) is 1. The summed E-state index contributed by atoms with van der Waals surface area (Å²) in [6.07, 6.45) is 4.79. The van der Waals surface area contributed by atoms with E-state index in [2.05, 4.69) is 34.8 Å². The Morgan fingerprint density at radius 2 is 2.04 bits per heavy atom. The van der Waals surface area contributed by atoms with E-state index in [0.717, 1.165) is 25.5 Å². The Balaban J connectivity index is 0.00000529. The number of guanidine groups is 1. The first-order chi connectivity index (χ1) is 11.1. The van der Waals surface area contributed by atoms with Gasteiger partial charge in [0.1, 0.15) is 0 Å². The van der Waals surface area contributed by atoms with Crippen LogP contribution in [0.15, 0.2) is 4.99 Å². The molecule has 3 amide bonds. The monoisotopic (exact) mass is 453 g/mol. The summed E-state index contributed by atoms with van der Waals surface area (Å²) in [6.45, 7) is 8.95. The maximum atomic E-state index is 11.5. The molecule has 0 aromatic heterocycles. The molecular weight excluding hydrogens is 421 g/mol. The lowest BCUT2D eigenvalue weighted by Gasteiger charge is -2.17. The van der Waals surface area contributed by atoms with Crippen molar-refractivity contribution in [3.63, 3.8) is 0 Å². The van der Waals surface area contributed by atoms with Crippen molar-refractivity contribution in [3.05, 3.63) is 0 Å². The molecule has 1 fully saturated rings. The third-order valence-electron chi connectivity index (χ3n) is 3.96. The van der Waals surface area contributed by atoms with Gasteiger partial charge in [0.15, 0.2) is 5.96 Å². The van der Waals surface area contributed by atoms with E-state index in [4.69, 9.17) is 0 Å². The highest BCUT2D eigenvalue weighted by molar-refractivity contribution is 14.0. The van der Waals surface area contributed by atoms with Crippen LogP contribution in [0.3, 0.4) is 0 Å². The second kappa shape index (κ2) is 13.3. The van der Waals surface area contributed by atoms with E-state index in [-0.39, 0.29) is 42.5 Å². The number of halogens is 1. The third kappa shape index (κ3) is 8.16. The lowest BCUT2D eigenvalue weighted by molar-refractivity contribution is -0.124. The van der Waals surface area contributed by atoms with Crippen molar-refractivity contribution in [1.82, 2.24) is 20.9 Å². The van der Waals surface area contributed by atoms with E-state index in [1.54, 1.807) is 0 Å². The molecule has 3 N–H and O–H groups in total. The Kier molecular flexibility index (Phi) is 12.7. The highest BCUT2D eigenvalue weighted by atomic mass is 127. The summed E-state index contributed by atoms with van der Waals surface area (Å²) in [5.41, 5.74) is 0. The third-order valence-corrected chi connectivity index (χ3v) is 3.96. The minimum Gasteiger partial charge on any atom is -0.357 e. The maximum absolute atomic E-state index is 11.5. The van der Waals surface area contributed by atoms with Gasteiger partial charge in [-0.15, -0.1) is 24.0 Å². The van der Waals surface area contributed by atoms with Gasteiger partial charge in [0, 0.05) is 26.2 Å². The average molecular weight is 453 g/mol. The van der Waals surface area contributed by atoms with Crippen molar-refractivity contribution in [2.75, 3.05) is 32.7 Å². The highest BCUT2D eigenvalue weighted by Crippen LogP contribution is 2.12. The number of carbonyl (C=O) groups excluding carboxylic acids is 2. The zero-order valence-electron chi connectivity index (χ0n) is 15.1. The Hall–Kier alpha value is -1.06. The van der Waals surface area contributed by atoms with Crippen LogP contribution in [0.5, 0.6) is 0 Å². The molecule has 1 saturated heterocycles. The fourth-order valence-electron chi connectivity index (χ4n) is 2.45. The molecule has 0 radical (unpaired) electrons.